The number of rotatable bonds is 10. The van der Waals surface area contributed by atoms with E-state index in [0.717, 1.165) is 23.9 Å². The second-order valence-corrected chi connectivity index (χ2v) is 12.0. The summed E-state index contributed by atoms with van der Waals surface area (Å²) < 4.78 is 64.5. The number of fused-ring (bicyclic) bond motifs is 1. The van der Waals surface area contributed by atoms with Crippen molar-refractivity contribution in [3.63, 3.8) is 0 Å². The number of carboxylic acid groups (broad SMARTS) is 1. The fraction of sp³-hybridized carbons (Fsp3) is 0.423. The summed E-state index contributed by atoms with van der Waals surface area (Å²) in [6.45, 7) is 3.75. The fourth-order valence-electron chi connectivity index (χ4n) is 4.73. The summed E-state index contributed by atoms with van der Waals surface area (Å²) >= 11 is 0. The predicted molar refractivity (Wildman–Crippen MR) is 145 cm³/mol. The van der Waals surface area contributed by atoms with Crippen LogP contribution in [0.15, 0.2) is 59.5 Å². The first-order valence-electron chi connectivity index (χ1n) is 12.6. The van der Waals surface area contributed by atoms with E-state index in [0.29, 0.717) is 15.3 Å². The number of aliphatic hydroxyl groups excluding tert-OH is 1. The number of aromatic nitrogens is 2. The van der Waals surface area contributed by atoms with E-state index < -0.39 is 62.0 Å². The minimum Gasteiger partial charge on any atom is -0.480 e. The van der Waals surface area contributed by atoms with Gasteiger partial charge in [0.15, 0.2) is 18.0 Å². The number of nitrogen functional groups attached to an aromatic ring is 1. The van der Waals surface area contributed by atoms with Crippen molar-refractivity contribution in [2.75, 3.05) is 12.3 Å². The van der Waals surface area contributed by atoms with Gasteiger partial charge in [0.25, 0.3) is 5.85 Å². The number of alkyl halides is 2. The molecule has 0 spiro atoms. The van der Waals surface area contributed by atoms with Gasteiger partial charge in [0.2, 0.25) is 0 Å². The molecule has 1 saturated heterocycles. The third-order valence-corrected chi connectivity index (χ3v) is 9.05. The Labute approximate surface area is 233 Å². The molecule has 0 saturated carbocycles. The maximum atomic E-state index is 16.2. The average Bonchev–Trinajstić information content (AvgIpc) is 3.08. The van der Waals surface area contributed by atoms with Crippen molar-refractivity contribution in [3.05, 3.63) is 65.2 Å². The molecule has 0 unspecified atom stereocenters. The van der Waals surface area contributed by atoms with E-state index in [-0.39, 0.29) is 11.6 Å². The van der Waals surface area contributed by atoms with Crippen molar-refractivity contribution in [2.24, 2.45) is 0 Å². The van der Waals surface area contributed by atoms with Crippen LogP contribution in [0.2, 0.25) is 0 Å². The zero-order valence-corrected chi connectivity index (χ0v) is 23.6. The van der Waals surface area contributed by atoms with Crippen LogP contribution in [-0.2, 0) is 18.6 Å². The summed E-state index contributed by atoms with van der Waals surface area (Å²) in [7, 11) is -4.79. The minimum absolute atomic E-state index is 0.0446. The van der Waals surface area contributed by atoms with Crippen LogP contribution in [0.5, 0.6) is 5.75 Å². The Kier molecular flexibility index (Phi) is 8.27. The minimum atomic E-state index is -4.79. The third kappa shape index (κ3) is 5.70. The highest BCUT2D eigenvalue weighted by Gasteiger charge is 2.65. The largest absolute Gasteiger partial charge is 0.480 e. The molecule has 0 bridgehead atoms. The van der Waals surface area contributed by atoms with Gasteiger partial charge >= 0.3 is 19.4 Å². The second-order valence-electron chi connectivity index (χ2n) is 10.2. The molecule has 4 rings (SSSR count). The average molecular weight is 597 g/mol. The standard InChI is InChI=1S/C26H31F2N4O8P/c1-15(2)32(16(3)21(33)34)41(37,40-19-11-7-9-17-8-5-6-10-18(17)19)38-14-26(28)22(35)25(4,27)23(39-26)31-13-12-20(29)30-24(31)36/h5-13,15-16,22-23,35H,14H2,1-4H3,(H,33,34)(H2,29,30,36)/t16-,22-,23+,25+,26+,41+/m0/s1. The molecular weight excluding hydrogens is 565 g/mol. The van der Waals surface area contributed by atoms with Gasteiger partial charge in [-0.1, -0.05) is 36.4 Å². The first kappa shape index (κ1) is 30.5. The highest BCUT2D eigenvalue weighted by Crippen LogP contribution is 2.57. The van der Waals surface area contributed by atoms with E-state index in [9.17, 15) is 24.4 Å². The number of carboxylic acids is 1. The van der Waals surface area contributed by atoms with Gasteiger partial charge in [-0.2, -0.15) is 9.65 Å². The lowest BCUT2D eigenvalue weighted by molar-refractivity contribution is -0.204. The first-order chi connectivity index (χ1) is 19.1. The van der Waals surface area contributed by atoms with Crippen molar-refractivity contribution >= 4 is 30.3 Å². The second kappa shape index (κ2) is 11.1. The lowest BCUT2D eigenvalue weighted by Crippen LogP contribution is -2.48. The van der Waals surface area contributed by atoms with E-state index in [1.165, 1.54) is 26.8 Å². The molecule has 12 nitrogen and oxygen atoms in total. The van der Waals surface area contributed by atoms with E-state index in [4.69, 9.17) is 19.5 Å². The summed E-state index contributed by atoms with van der Waals surface area (Å²) in [5.41, 5.74) is 1.51. The molecule has 3 aromatic rings. The SMILES string of the molecule is CC(C)N([C@@H](C)C(=O)O)[P@@](=O)(OC[C@@]1(F)O[C@@H](n2ccc(N)nc2=O)[C@](C)(F)[C@@H]1O)Oc1cccc2ccccc12. The molecule has 222 valence electrons. The van der Waals surface area contributed by atoms with Crippen molar-refractivity contribution < 1.29 is 42.1 Å². The lowest BCUT2D eigenvalue weighted by atomic mass is 9.97. The van der Waals surface area contributed by atoms with Crippen LogP contribution >= 0.6 is 7.75 Å². The molecule has 2 aromatic carbocycles. The highest BCUT2D eigenvalue weighted by atomic mass is 31.2. The Morgan fingerprint density at radius 3 is 2.51 bits per heavy atom. The Balaban J connectivity index is 1.73. The number of hydrogen-bond donors (Lipinski definition) is 3. The zero-order chi connectivity index (χ0) is 30.3. The van der Waals surface area contributed by atoms with E-state index in [2.05, 4.69) is 4.98 Å². The molecule has 41 heavy (non-hydrogen) atoms. The van der Waals surface area contributed by atoms with Crippen LogP contribution < -0.4 is 15.9 Å². The smallest absolute Gasteiger partial charge is 0.462 e. The number of anilines is 1. The van der Waals surface area contributed by atoms with Crippen molar-refractivity contribution in [3.8, 4) is 5.75 Å². The number of carbonyl (C=O) groups is 1. The summed E-state index contributed by atoms with van der Waals surface area (Å²) in [4.78, 5) is 27.8. The molecule has 1 aliphatic rings. The molecule has 0 aliphatic carbocycles. The van der Waals surface area contributed by atoms with Crippen molar-refractivity contribution in [2.45, 2.75) is 63.6 Å². The van der Waals surface area contributed by atoms with Crippen molar-refractivity contribution in [1.82, 2.24) is 14.2 Å². The third-order valence-electron chi connectivity index (χ3n) is 6.79. The Hall–Kier alpha value is -3.42. The monoisotopic (exact) mass is 596 g/mol. The van der Waals surface area contributed by atoms with E-state index in [1.807, 2.05) is 0 Å². The van der Waals surface area contributed by atoms with Crippen LogP contribution in [-0.4, -0.2) is 66.7 Å². The molecule has 6 atom stereocenters. The van der Waals surface area contributed by atoms with Crippen LogP contribution in [0, 0.1) is 0 Å². The summed E-state index contributed by atoms with van der Waals surface area (Å²) in [5, 5.41) is 21.6. The van der Waals surface area contributed by atoms with Gasteiger partial charge in [-0.15, -0.1) is 0 Å². The molecular formula is C26H31F2N4O8P. The number of halogens is 2. The number of nitrogens with two attached hydrogens (primary N) is 1. The number of hydrogen-bond acceptors (Lipinski definition) is 9. The van der Waals surface area contributed by atoms with Gasteiger partial charge in [-0.3, -0.25) is 13.9 Å². The molecule has 15 heteroatoms. The van der Waals surface area contributed by atoms with Gasteiger partial charge in [0.1, 0.15) is 24.2 Å². The highest BCUT2D eigenvalue weighted by molar-refractivity contribution is 7.51. The molecule has 1 aromatic heterocycles. The number of ether oxygens (including phenoxy) is 1. The van der Waals surface area contributed by atoms with Crippen LogP contribution in [0.1, 0.15) is 33.9 Å². The first-order valence-corrected chi connectivity index (χ1v) is 14.1. The Morgan fingerprint density at radius 1 is 1.22 bits per heavy atom. The van der Waals surface area contributed by atoms with Crippen LogP contribution in [0.25, 0.3) is 10.8 Å². The van der Waals surface area contributed by atoms with Crippen LogP contribution in [0.4, 0.5) is 14.6 Å². The quantitative estimate of drug-likeness (QED) is 0.292. The number of aliphatic carboxylic acids is 1. The maximum Gasteiger partial charge on any atom is 0.462 e. The Bertz CT molecular complexity index is 1550. The zero-order valence-electron chi connectivity index (χ0n) is 22.7. The van der Waals surface area contributed by atoms with Crippen molar-refractivity contribution in [1.29, 1.82) is 0 Å². The maximum absolute atomic E-state index is 16.2. The predicted octanol–water partition coefficient (Wildman–Crippen LogP) is 3.65. The molecule has 1 aliphatic heterocycles. The Morgan fingerprint density at radius 2 is 1.88 bits per heavy atom. The number of aliphatic hydroxyl groups is 1. The van der Waals surface area contributed by atoms with Gasteiger partial charge in [0, 0.05) is 17.6 Å². The molecule has 4 N–H and O–H groups in total. The van der Waals surface area contributed by atoms with Gasteiger partial charge < -0.3 is 25.2 Å². The lowest BCUT2D eigenvalue weighted by Gasteiger charge is -2.36. The number of nitrogens with zero attached hydrogens (tertiary/aromatic N) is 3. The molecule has 2 heterocycles. The molecule has 1 fully saturated rings. The van der Waals surface area contributed by atoms with E-state index >= 15 is 8.78 Å². The summed E-state index contributed by atoms with van der Waals surface area (Å²) in [5.74, 6) is -4.86. The van der Waals surface area contributed by atoms with Gasteiger partial charge in [0.05, 0.1) is 0 Å². The summed E-state index contributed by atoms with van der Waals surface area (Å²) in [6, 6.07) is 10.7. The van der Waals surface area contributed by atoms with Gasteiger partial charge in [-0.05, 0) is 45.2 Å². The topological polar surface area (TPSA) is 166 Å². The summed E-state index contributed by atoms with van der Waals surface area (Å²) in [6.07, 6.45) is -3.53. The van der Waals surface area contributed by atoms with E-state index in [1.54, 1.807) is 36.4 Å². The normalized spacial score (nSPS) is 26.8. The fourth-order valence-corrected chi connectivity index (χ4v) is 6.85. The van der Waals surface area contributed by atoms with Gasteiger partial charge in [-0.25, -0.2) is 18.1 Å². The number of benzene rings is 2. The van der Waals surface area contributed by atoms with Crippen LogP contribution in [0.3, 0.4) is 0 Å². The molecule has 0 radical (unpaired) electrons. The molecule has 0 amide bonds.